The zero-order valence-corrected chi connectivity index (χ0v) is 9.67. The molecule has 0 aliphatic heterocycles. The van der Waals surface area contributed by atoms with E-state index in [1.165, 1.54) is 0 Å². The van der Waals surface area contributed by atoms with Gasteiger partial charge < -0.3 is 14.8 Å². The number of hydrogen-bond acceptors (Lipinski definition) is 3. The van der Waals surface area contributed by atoms with Crippen molar-refractivity contribution >= 4 is 0 Å². The van der Waals surface area contributed by atoms with E-state index in [4.69, 9.17) is 9.47 Å². The molecule has 0 aromatic heterocycles. The second-order valence-corrected chi connectivity index (χ2v) is 3.66. The first-order chi connectivity index (χ1) is 7.13. The zero-order valence-electron chi connectivity index (χ0n) is 9.67. The van der Waals surface area contributed by atoms with Crippen molar-refractivity contribution in [2.45, 2.75) is 32.8 Å². The van der Waals surface area contributed by atoms with Gasteiger partial charge in [-0.25, -0.2) is 0 Å². The minimum absolute atomic E-state index is 0.157. The van der Waals surface area contributed by atoms with Crippen molar-refractivity contribution in [2.75, 3.05) is 7.05 Å². The van der Waals surface area contributed by atoms with Gasteiger partial charge in [0.15, 0.2) is 17.4 Å². The van der Waals surface area contributed by atoms with E-state index in [-0.39, 0.29) is 6.10 Å². The highest BCUT2D eigenvalue weighted by Crippen LogP contribution is 2.23. The summed E-state index contributed by atoms with van der Waals surface area (Å²) < 4.78 is 11.2. The van der Waals surface area contributed by atoms with Gasteiger partial charge >= 0.3 is 0 Å². The molecule has 3 heteroatoms. The standard InChI is InChI=1S/C12H19NO2/c1-9(2)14-11-7-5-6-8-12(11)15-10(3)13-4/h7-9,13H,3,5-6H2,1-2,4H3. The summed E-state index contributed by atoms with van der Waals surface area (Å²) in [5.41, 5.74) is 0. The van der Waals surface area contributed by atoms with Crippen molar-refractivity contribution < 1.29 is 9.47 Å². The molecule has 0 aromatic carbocycles. The SMILES string of the molecule is C=C(NC)OC1=CCCC=C1OC(C)C. The molecule has 0 aromatic rings. The normalized spacial score (nSPS) is 15.5. The monoisotopic (exact) mass is 209 g/mol. The van der Waals surface area contributed by atoms with E-state index in [1.807, 2.05) is 19.9 Å². The van der Waals surface area contributed by atoms with Crippen molar-refractivity contribution in [3.63, 3.8) is 0 Å². The quantitative estimate of drug-likeness (QED) is 0.706. The van der Waals surface area contributed by atoms with Crippen LogP contribution in [0.1, 0.15) is 26.7 Å². The third-order valence-corrected chi connectivity index (χ3v) is 1.94. The summed E-state index contributed by atoms with van der Waals surface area (Å²) in [7, 11) is 1.78. The smallest absolute Gasteiger partial charge is 0.186 e. The van der Waals surface area contributed by atoms with Crippen LogP contribution in [0, 0.1) is 0 Å². The maximum Gasteiger partial charge on any atom is 0.186 e. The molecule has 0 bridgehead atoms. The fourth-order valence-electron chi connectivity index (χ4n) is 1.27. The molecular formula is C12H19NO2. The predicted octanol–water partition coefficient (Wildman–Crippen LogP) is 2.68. The Kier molecular flexibility index (Phi) is 4.28. The lowest BCUT2D eigenvalue weighted by Gasteiger charge is -2.20. The average Bonchev–Trinajstić information content (AvgIpc) is 2.20. The van der Waals surface area contributed by atoms with Gasteiger partial charge in [-0.2, -0.15) is 0 Å². The molecule has 0 radical (unpaired) electrons. The topological polar surface area (TPSA) is 30.5 Å². The first-order valence-corrected chi connectivity index (χ1v) is 5.25. The summed E-state index contributed by atoms with van der Waals surface area (Å²) in [6.07, 6.45) is 6.22. The number of ether oxygens (including phenoxy) is 2. The Labute approximate surface area is 91.5 Å². The summed E-state index contributed by atoms with van der Waals surface area (Å²) >= 11 is 0. The summed E-state index contributed by atoms with van der Waals surface area (Å²) in [5, 5.41) is 2.85. The first-order valence-electron chi connectivity index (χ1n) is 5.25. The molecule has 1 N–H and O–H groups in total. The number of allylic oxidation sites excluding steroid dienone is 2. The maximum absolute atomic E-state index is 5.65. The van der Waals surface area contributed by atoms with Crippen LogP contribution in [-0.2, 0) is 9.47 Å². The van der Waals surface area contributed by atoms with Crippen molar-refractivity contribution in [3.05, 3.63) is 36.1 Å². The Balaban J connectivity index is 2.64. The lowest BCUT2D eigenvalue weighted by atomic mass is 10.1. The second kappa shape index (κ2) is 5.49. The Morgan fingerprint density at radius 1 is 1.33 bits per heavy atom. The molecule has 0 amide bonds. The van der Waals surface area contributed by atoms with E-state index in [9.17, 15) is 0 Å². The van der Waals surface area contributed by atoms with Gasteiger partial charge in [-0.1, -0.05) is 0 Å². The van der Waals surface area contributed by atoms with Crippen LogP contribution in [0.2, 0.25) is 0 Å². The maximum atomic E-state index is 5.65. The minimum atomic E-state index is 0.157. The van der Waals surface area contributed by atoms with Crippen LogP contribution in [0.3, 0.4) is 0 Å². The molecule has 0 fully saturated rings. The lowest BCUT2D eigenvalue weighted by molar-refractivity contribution is 0.124. The van der Waals surface area contributed by atoms with Gasteiger partial charge in [0.1, 0.15) is 0 Å². The Bertz CT molecular complexity index is 290. The van der Waals surface area contributed by atoms with Crippen LogP contribution in [0.4, 0.5) is 0 Å². The number of nitrogens with one attached hydrogen (secondary N) is 1. The molecule has 15 heavy (non-hydrogen) atoms. The highest BCUT2D eigenvalue weighted by atomic mass is 16.5. The third kappa shape index (κ3) is 3.70. The fourth-order valence-corrected chi connectivity index (χ4v) is 1.27. The molecule has 0 spiro atoms. The summed E-state index contributed by atoms with van der Waals surface area (Å²) in [6, 6.07) is 0. The summed E-state index contributed by atoms with van der Waals surface area (Å²) in [5.74, 6) is 2.10. The van der Waals surface area contributed by atoms with E-state index in [0.29, 0.717) is 5.88 Å². The zero-order chi connectivity index (χ0) is 11.3. The van der Waals surface area contributed by atoms with Crippen molar-refractivity contribution in [3.8, 4) is 0 Å². The molecule has 0 unspecified atom stereocenters. The minimum Gasteiger partial charge on any atom is -0.487 e. The largest absolute Gasteiger partial charge is 0.487 e. The molecule has 0 saturated heterocycles. The molecule has 0 saturated carbocycles. The van der Waals surface area contributed by atoms with Crippen LogP contribution in [-0.4, -0.2) is 13.2 Å². The molecule has 1 rings (SSSR count). The van der Waals surface area contributed by atoms with Gasteiger partial charge in [0, 0.05) is 7.05 Å². The van der Waals surface area contributed by atoms with Gasteiger partial charge in [0.25, 0.3) is 0 Å². The van der Waals surface area contributed by atoms with E-state index in [0.717, 1.165) is 24.4 Å². The van der Waals surface area contributed by atoms with Crippen LogP contribution < -0.4 is 5.32 Å². The van der Waals surface area contributed by atoms with Crippen LogP contribution in [0.25, 0.3) is 0 Å². The van der Waals surface area contributed by atoms with Crippen LogP contribution in [0.5, 0.6) is 0 Å². The molecular weight excluding hydrogens is 190 g/mol. The lowest BCUT2D eigenvalue weighted by Crippen LogP contribution is -2.13. The van der Waals surface area contributed by atoms with Crippen molar-refractivity contribution in [2.24, 2.45) is 0 Å². The van der Waals surface area contributed by atoms with Crippen LogP contribution >= 0.6 is 0 Å². The molecule has 3 nitrogen and oxygen atoms in total. The van der Waals surface area contributed by atoms with Crippen molar-refractivity contribution in [1.82, 2.24) is 5.32 Å². The van der Waals surface area contributed by atoms with E-state index >= 15 is 0 Å². The van der Waals surface area contributed by atoms with Gasteiger partial charge in [0.05, 0.1) is 6.10 Å². The number of rotatable bonds is 5. The third-order valence-electron chi connectivity index (χ3n) is 1.94. The number of hydrogen-bond donors (Lipinski definition) is 1. The highest BCUT2D eigenvalue weighted by molar-refractivity contribution is 5.25. The van der Waals surface area contributed by atoms with Gasteiger partial charge in [-0.3, -0.25) is 0 Å². The summed E-state index contributed by atoms with van der Waals surface area (Å²) in [6.45, 7) is 7.72. The van der Waals surface area contributed by atoms with Gasteiger partial charge in [0.2, 0.25) is 0 Å². The van der Waals surface area contributed by atoms with Crippen molar-refractivity contribution in [1.29, 1.82) is 0 Å². The molecule has 84 valence electrons. The Morgan fingerprint density at radius 2 is 1.93 bits per heavy atom. The molecule has 1 aliphatic rings. The van der Waals surface area contributed by atoms with E-state index in [1.54, 1.807) is 7.05 Å². The van der Waals surface area contributed by atoms with Crippen LogP contribution in [0.15, 0.2) is 36.1 Å². The highest BCUT2D eigenvalue weighted by Gasteiger charge is 2.14. The van der Waals surface area contributed by atoms with E-state index < -0.39 is 0 Å². The Morgan fingerprint density at radius 3 is 2.47 bits per heavy atom. The first kappa shape index (κ1) is 11.7. The van der Waals surface area contributed by atoms with Gasteiger partial charge in [-0.15, -0.1) is 0 Å². The predicted molar refractivity (Wildman–Crippen MR) is 60.9 cm³/mol. The molecule has 0 heterocycles. The fraction of sp³-hybridized carbons (Fsp3) is 0.500. The average molecular weight is 209 g/mol. The Hall–Kier alpha value is -1.38. The summed E-state index contributed by atoms with van der Waals surface area (Å²) in [4.78, 5) is 0. The van der Waals surface area contributed by atoms with E-state index in [2.05, 4.69) is 18.0 Å². The van der Waals surface area contributed by atoms with Gasteiger partial charge in [-0.05, 0) is 45.4 Å². The molecule has 1 aliphatic carbocycles. The molecule has 0 atom stereocenters. The second-order valence-electron chi connectivity index (χ2n) is 3.66.